The van der Waals surface area contributed by atoms with Gasteiger partial charge in [-0.2, -0.15) is 0 Å². The molecule has 0 bridgehead atoms. The number of aliphatic hydroxyl groups is 3. The normalized spacial score (nSPS) is 13.3. The van der Waals surface area contributed by atoms with Gasteiger partial charge in [0.25, 0.3) is 0 Å². The van der Waals surface area contributed by atoms with Gasteiger partial charge in [-0.3, -0.25) is 0 Å². The summed E-state index contributed by atoms with van der Waals surface area (Å²) in [5, 5.41) is 25.6. The van der Waals surface area contributed by atoms with Gasteiger partial charge in [0.1, 0.15) is 0 Å². The van der Waals surface area contributed by atoms with Gasteiger partial charge in [-0.15, -0.1) is 0 Å². The minimum Gasteiger partial charge on any atom is -0.391 e. The van der Waals surface area contributed by atoms with Crippen LogP contribution >= 0.6 is 0 Å². The van der Waals surface area contributed by atoms with E-state index in [2.05, 4.69) is 0 Å². The van der Waals surface area contributed by atoms with Crippen molar-refractivity contribution in [1.29, 1.82) is 0 Å². The summed E-state index contributed by atoms with van der Waals surface area (Å²) in [7, 11) is -3.66. The molecule has 0 atom stereocenters. The first-order valence-corrected chi connectivity index (χ1v) is 12.8. The van der Waals surface area contributed by atoms with Crippen LogP contribution in [0.5, 0.6) is 0 Å². The molecule has 9 heteroatoms. The van der Waals surface area contributed by atoms with Crippen LogP contribution in [0.4, 0.5) is 0 Å². The van der Waals surface area contributed by atoms with Crippen molar-refractivity contribution in [2.45, 2.75) is 158 Å². The summed E-state index contributed by atoms with van der Waals surface area (Å²) < 4.78 is 16.9. The van der Waals surface area contributed by atoms with E-state index in [9.17, 15) is 4.80 Å². The summed E-state index contributed by atoms with van der Waals surface area (Å²) >= 11 is 0. The van der Waals surface area contributed by atoms with Gasteiger partial charge in [0, 0.05) is 26.2 Å². The van der Waals surface area contributed by atoms with E-state index >= 15 is 0 Å². The fourth-order valence-electron chi connectivity index (χ4n) is 1.22. The summed E-state index contributed by atoms with van der Waals surface area (Å²) in [6, 6.07) is 0. The van der Waals surface area contributed by atoms with Crippen molar-refractivity contribution >= 4 is 9.05 Å². The van der Waals surface area contributed by atoms with Crippen molar-refractivity contribution < 1.29 is 59.6 Å². The third kappa shape index (κ3) is 88.0. The average molecular weight is 578 g/mol. The summed E-state index contributed by atoms with van der Waals surface area (Å²) in [5.41, 5.74) is -3.05. The predicted octanol–water partition coefficient (Wildman–Crippen LogP) is 5.19. The van der Waals surface area contributed by atoms with Gasteiger partial charge in [-0.1, -0.05) is 0 Å². The molecule has 0 saturated heterocycles. The Kier molecular flexibility index (Phi) is 21.0. The van der Waals surface area contributed by atoms with Crippen molar-refractivity contribution in [2.75, 3.05) is 0 Å². The van der Waals surface area contributed by atoms with Gasteiger partial charge in [0.15, 0.2) is 0 Å². The largest absolute Gasteiger partial charge is 0.678 e. The van der Waals surface area contributed by atoms with Crippen molar-refractivity contribution in [3.05, 3.63) is 0 Å². The van der Waals surface area contributed by atoms with Gasteiger partial charge in [0.05, 0.1) is 33.6 Å². The molecule has 0 aliphatic carbocycles. The van der Waals surface area contributed by atoms with Crippen LogP contribution in [0.2, 0.25) is 0 Å². The summed E-state index contributed by atoms with van der Waals surface area (Å²) in [6.45, 7) is 32.5. The molecule has 0 spiro atoms. The number of hydrogen-bond donors (Lipinski definition) is 4. The molecule has 7 nitrogen and oxygen atoms in total. The zero-order valence-corrected chi connectivity index (χ0v) is 28.5. The number of rotatable bonds is 3. The molecule has 0 aliphatic heterocycles. The Morgan fingerprint density at radius 3 is 0.545 bits per heavy atom. The minimum absolute atomic E-state index is 0. The maximum Gasteiger partial charge on any atom is 0.678 e. The Morgan fingerprint density at radius 1 is 0.394 bits per heavy atom. The molecule has 0 aromatic rings. The molecule has 204 valence electrons. The second kappa shape index (κ2) is 15.8. The van der Waals surface area contributed by atoms with E-state index in [1.165, 1.54) is 0 Å². The molecule has 0 fully saturated rings. The average Bonchev–Trinajstić information content (AvgIpc) is 2.08. The Hall–Kier alpha value is 0.820. The molecule has 0 amide bonds. The quantitative estimate of drug-likeness (QED) is 0.342. The molecule has 0 aromatic carbocycles. The fourth-order valence-corrected chi connectivity index (χ4v) is 3.67. The minimum atomic E-state index is -3.66. The molecular formula is C24H58O7SiZr. The summed E-state index contributed by atoms with van der Waals surface area (Å²) in [4.78, 5) is 10.5. The van der Waals surface area contributed by atoms with Gasteiger partial charge in [0.2, 0.25) is 0 Å². The van der Waals surface area contributed by atoms with Crippen LogP contribution < -0.4 is 0 Å². The first-order valence-electron chi connectivity index (χ1n) is 11.1. The van der Waals surface area contributed by atoms with Crippen molar-refractivity contribution in [2.24, 2.45) is 0 Å². The van der Waals surface area contributed by atoms with E-state index in [4.69, 9.17) is 28.6 Å². The Balaban J connectivity index is -0.000000133. The van der Waals surface area contributed by atoms with Crippen molar-refractivity contribution in [3.8, 4) is 0 Å². The van der Waals surface area contributed by atoms with Crippen LogP contribution in [-0.2, 0) is 39.5 Å². The van der Waals surface area contributed by atoms with Crippen LogP contribution in [0.25, 0.3) is 0 Å². The monoisotopic (exact) mass is 576 g/mol. The first-order chi connectivity index (χ1) is 13.1. The summed E-state index contributed by atoms with van der Waals surface area (Å²) in [5.74, 6) is 0. The van der Waals surface area contributed by atoms with Crippen LogP contribution in [-0.4, -0.2) is 62.8 Å². The van der Waals surface area contributed by atoms with Crippen LogP contribution in [0, 0.1) is 0 Å². The molecule has 0 rings (SSSR count). The molecule has 0 unspecified atom stereocenters. The SMILES string of the molecule is CC(C)(C)O.CC(C)(C)O.CC(C)(C)O.CC(C)(C)O[Si](O)(OC(C)(C)C)OC(C)(C)C.[Zr]. The van der Waals surface area contributed by atoms with Gasteiger partial charge >= 0.3 is 9.05 Å². The predicted molar refractivity (Wildman–Crippen MR) is 136 cm³/mol. The van der Waals surface area contributed by atoms with Crippen LogP contribution in [0.1, 0.15) is 125 Å². The van der Waals surface area contributed by atoms with Gasteiger partial charge in [-0.05, 0) is 125 Å². The molecule has 4 N–H and O–H groups in total. The standard InChI is InChI=1S/C12H28O4Si.3C4H10O.Zr/c1-10(2,3)14-17(13,15-11(4,5)6)16-12(7,8)9;3*1-4(2,3)5;/h13H,1-9H3;3*5H,1-3H3;. The molecular weight excluding hydrogens is 520 g/mol. The molecule has 0 saturated carbocycles. The molecule has 0 heterocycles. The number of hydrogen-bond acceptors (Lipinski definition) is 7. The Labute approximate surface area is 226 Å². The van der Waals surface area contributed by atoms with Crippen LogP contribution in [0.3, 0.4) is 0 Å². The molecule has 33 heavy (non-hydrogen) atoms. The van der Waals surface area contributed by atoms with E-state index in [0.717, 1.165) is 0 Å². The smallest absolute Gasteiger partial charge is 0.391 e. The Bertz CT molecular complexity index is 385. The zero-order chi connectivity index (χ0) is 27.6. The maximum atomic E-state index is 10.5. The van der Waals surface area contributed by atoms with Gasteiger partial charge < -0.3 is 33.4 Å². The van der Waals surface area contributed by atoms with Crippen LogP contribution in [0.15, 0.2) is 0 Å². The summed E-state index contributed by atoms with van der Waals surface area (Å²) in [6.07, 6.45) is 0. The third-order valence-electron chi connectivity index (χ3n) is 1.31. The van der Waals surface area contributed by atoms with Crippen molar-refractivity contribution in [3.63, 3.8) is 0 Å². The maximum absolute atomic E-state index is 10.5. The van der Waals surface area contributed by atoms with E-state index in [-0.39, 0.29) is 26.2 Å². The fraction of sp³-hybridized carbons (Fsp3) is 1.00. The zero-order valence-electron chi connectivity index (χ0n) is 25.0. The van der Waals surface area contributed by atoms with Crippen molar-refractivity contribution in [1.82, 2.24) is 0 Å². The van der Waals surface area contributed by atoms with E-state index in [0.29, 0.717) is 0 Å². The topological polar surface area (TPSA) is 109 Å². The Morgan fingerprint density at radius 2 is 0.485 bits per heavy atom. The van der Waals surface area contributed by atoms with E-state index < -0.39 is 42.7 Å². The van der Waals surface area contributed by atoms with Gasteiger partial charge in [-0.25, -0.2) is 0 Å². The second-order valence-electron chi connectivity index (χ2n) is 13.7. The van der Waals surface area contributed by atoms with E-state index in [1.54, 1.807) is 62.3 Å². The first kappa shape index (κ1) is 43.9. The molecule has 0 aromatic heterocycles. The van der Waals surface area contributed by atoms with E-state index in [1.807, 2.05) is 62.3 Å². The third-order valence-corrected chi connectivity index (χ3v) is 3.92. The molecule has 0 aliphatic rings. The second-order valence-corrected chi connectivity index (χ2v) is 15.3. The molecule has 0 radical (unpaired) electrons.